The van der Waals surface area contributed by atoms with Gasteiger partial charge in [-0.15, -0.1) is 0 Å². The van der Waals surface area contributed by atoms with Crippen molar-refractivity contribution in [1.29, 1.82) is 0 Å². The van der Waals surface area contributed by atoms with Crippen LogP contribution in [-0.2, 0) is 6.61 Å². The number of carboxylic acid groups (broad SMARTS) is 1. The molecule has 0 saturated heterocycles. The summed E-state index contributed by atoms with van der Waals surface area (Å²) in [5.41, 5.74) is 6.61. The number of anilines is 1. The van der Waals surface area contributed by atoms with Gasteiger partial charge in [0.2, 0.25) is 0 Å². The number of benzene rings is 2. The van der Waals surface area contributed by atoms with Crippen molar-refractivity contribution >= 4 is 23.4 Å². The number of aromatic carboxylic acids is 1. The van der Waals surface area contributed by atoms with E-state index in [4.69, 9.17) is 27.2 Å². The van der Waals surface area contributed by atoms with Crippen LogP contribution in [0.5, 0.6) is 5.88 Å². The summed E-state index contributed by atoms with van der Waals surface area (Å²) in [4.78, 5) is 19.1. The molecule has 0 spiro atoms. The van der Waals surface area contributed by atoms with Crippen molar-refractivity contribution < 1.29 is 23.4 Å². The molecule has 0 saturated carbocycles. The highest BCUT2D eigenvalue weighted by Crippen LogP contribution is 2.27. The van der Waals surface area contributed by atoms with E-state index < -0.39 is 24.2 Å². The molecule has 3 N–H and O–H groups in total. The molecular weight excluding hydrogens is 380 g/mol. The highest BCUT2D eigenvalue weighted by molar-refractivity contribution is 6.31. The number of hydrogen-bond donors (Lipinski definition) is 2. The van der Waals surface area contributed by atoms with E-state index in [1.807, 2.05) is 0 Å². The van der Waals surface area contributed by atoms with Crippen molar-refractivity contribution in [3.8, 4) is 17.1 Å². The van der Waals surface area contributed by atoms with Crippen molar-refractivity contribution in [3.63, 3.8) is 0 Å². The van der Waals surface area contributed by atoms with Crippen molar-refractivity contribution in [2.75, 3.05) is 5.73 Å². The number of halogens is 3. The van der Waals surface area contributed by atoms with Gasteiger partial charge in [0.1, 0.15) is 18.2 Å². The van der Waals surface area contributed by atoms with E-state index in [-0.39, 0.29) is 27.8 Å². The van der Waals surface area contributed by atoms with Gasteiger partial charge in [-0.05, 0) is 24.3 Å². The number of carbonyl (C=O) groups is 1. The van der Waals surface area contributed by atoms with Gasteiger partial charge in [-0.25, -0.2) is 23.5 Å². The standard InChI is InChI=1S/C18H12ClF2N3O3/c19-15-11(12(20)5-6-13(15)21)8-27-17-16(22)23-7-14(24-17)9-1-3-10(4-2-9)18(25)26/h1-7H,8H2,(H2,22,23)(H,25,26). The van der Waals surface area contributed by atoms with Crippen LogP contribution in [0.2, 0.25) is 5.02 Å². The molecule has 3 aromatic rings. The van der Waals surface area contributed by atoms with Crippen molar-refractivity contribution in [1.82, 2.24) is 9.97 Å². The predicted molar refractivity (Wildman–Crippen MR) is 94.5 cm³/mol. The summed E-state index contributed by atoms with van der Waals surface area (Å²) in [5, 5.41) is 8.55. The Balaban J connectivity index is 1.86. The average Bonchev–Trinajstić information content (AvgIpc) is 2.66. The SMILES string of the molecule is Nc1ncc(-c2ccc(C(=O)O)cc2)nc1OCc1c(F)ccc(F)c1Cl. The maximum absolute atomic E-state index is 13.8. The second kappa shape index (κ2) is 7.55. The molecule has 0 aliphatic rings. The van der Waals surface area contributed by atoms with Crippen molar-refractivity contribution in [2.24, 2.45) is 0 Å². The van der Waals surface area contributed by atoms with Crippen molar-refractivity contribution in [2.45, 2.75) is 6.61 Å². The summed E-state index contributed by atoms with van der Waals surface area (Å²) in [6.07, 6.45) is 1.38. The number of ether oxygens (including phenoxy) is 1. The lowest BCUT2D eigenvalue weighted by molar-refractivity contribution is 0.0697. The Kier molecular flexibility index (Phi) is 5.18. The third-order valence-electron chi connectivity index (χ3n) is 3.69. The Hall–Kier alpha value is -3.26. The fraction of sp³-hybridized carbons (Fsp3) is 0.0556. The van der Waals surface area contributed by atoms with Gasteiger partial charge in [0.25, 0.3) is 5.88 Å². The molecule has 0 aliphatic heterocycles. The van der Waals surface area contributed by atoms with E-state index in [2.05, 4.69) is 9.97 Å². The first kappa shape index (κ1) is 18.5. The summed E-state index contributed by atoms with van der Waals surface area (Å²) in [6.45, 7) is -0.400. The summed E-state index contributed by atoms with van der Waals surface area (Å²) < 4.78 is 32.7. The van der Waals surface area contributed by atoms with Gasteiger partial charge < -0.3 is 15.6 Å². The molecule has 0 bridgehead atoms. The van der Waals surface area contributed by atoms with Crippen molar-refractivity contribution in [3.05, 3.63) is 70.4 Å². The highest BCUT2D eigenvalue weighted by Gasteiger charge is 2.15. The molecular formula is C18H12ClF2N3O3. The maximum Gasteiger partial charge on any atom is 0.335 e. The van der Waals surface area contributed by atoms with E-state index >= 15 is 0 Å². The molecule has 27 heavy (non-hydrogen) atoms. The Morgan fingerprint density at radius 1 is 1.15 bits per heavy atom. The number of nitrogen functional groups attached to an aromatic ring is 1. The smallest absolute Gasteiger partial charge is 0.335 e. The van der Waals surface area contributed by atoms with E-state index in [0.717, 1.165) is 12.1 Å². The molecule has 1 heterocycles. The fourth-order valence-corrected chi connectivity index (χ4v) is 2.46. The van der Waals surface area contributed by atoms with Gasteiger partial charge in [-0.1, -0.05) is 23.7 Å². The number of nitrogens with two attached hydrogens (primary N) is 1. The van der Waals surface area contributed by atoms with Gasteiger partial charge in [-0.3, -0.25) is 0 Å². The van der Waals surface area contributed by atoms with Crippen LogP contribution in [0.3, 0.4) is 0 Å². The minimum Gasteiger partial charge on any atom is -0.478 e. The third-order valence-corrected chi connectivity index (χ3v) is 4.10. The predicted octanol–water partition coefficient (Wildman–Crippen LogP) is 3.93. The number of hydrogen-bond acceptors (Lipinski definition) is 5. The second-order valence-corrected chi connectivity index (χ2v) is 5.82. The zero-order chi connectivity index (χ0) is 19.6. The Labute approximate surface area is 157 Å². The summed E-state index contributed by atoms with van der Waals surface area (Å²) in [7, 11) is 0. The molecule has 9 heteroatoms. The topological polar surface area (TPSA) is 98.3 Å². The first-order valence-corrected chi connectivity index (χ1v) is 7.96. The molecule has 0 fully saturated rings. The minimum atomic E-state index is -1.05. The van der Waals surface area contributed by atoms with Gasteiger partial charge >= 0.3 is 5.97 Å². The second-order valence-electron chi connectivity index (χ2n) is 5.44. The molecule has 2 aromatic carbocycles. The van der Waals surface area contributed by atoms with Gasteiger partial charge in [0.05, 0.1) is 22.5 Å². The average molecular weight is 392 g/mol. The van der Waals surface area contributed by atoms with Crippen LogP contribution >= 0.6 is 11.6 Å². The minimum absolute atomic E-state index is 0.0474. The number of rotatable bonds is 5. The monoisotopic (exact) mass is 391 g/mol. The van der Waals surface area contributed by atoms with Crippen LogP contribution in [0.25, 0.3) is 11.3 Å². The first-order chi connectivity index (χ1) is 12.9. The summed E-state index contributed by atoms with van der Waals surface area (Å²) in [5.74, 6) is -2.69. The molecule has 0 aliphatic carbocycles. The zero-order valence-electron chi connectivity index (χ0n) is 13.6. The lowest BCUT2D eigenvalue weighted by Crippen LogP contribution is -2.06. The fourth-order valence-electron chi connectivity index (χ4n) is 2.25. The summed E-state index contributed by atoms with van der Waals surface area (Å²) >= 11 is 5.76. The van der Waals surface area contributed by atoms with Crippen LogP contribution in [0, 0.1) is 11.6 Å². The Morgan fingerprint density at radius 3 is 2.48 bits per heavy atom. The molecule has 1 aromatic heterocycles. The van der Waals surface area contributed by atoms with Crippen LogP contribution < -0.4 is 10.5 Å². The Morgan fingerprint density at radius 2 is 1.81 bits per heavy atom. The lowest BCUT2D eigenvalue weighted by atomic mass is 10.1. The first-order valence-electron chi connectivity index (χ1n) is 7.58. The third kappa shape index (κ3) is 3.95. The van der Waals surface area contributed by atoms with Crippen LogP contribution in [0.1, 0.15) is 15.9 Å². The number of aromatic nitrogens is 2. The molecule has 0 amide bonds. The molecule has 138 valence electrons. The van der Waals surface area contributed by atoms with E-state index in [1.165, 1.54) is 18.3 Å². The quantitative estimate of drug-likeness (QED) is 0.639. The number of carboxylic acids is 1. The number of nitrogens with zero attached hydrogens (tertiary/aromatic N) is 2. The van der Waals surface area contributed by atoms with Crippen LogP contribution in [0.4, 0.5) is 14.6 Å². The molecule has 3 rings (SSSR count). The van der Waals surface area contributed by atoms with E-state index in [0.29, 0.717) is 11.3 Å². The van der Waals surface area contributed by atoms with E-state index in [9.17, 15) is 13.6 Å². The lowest BCUT2D eigenvalue weighted by Gasteiger charge is -2.11. The van der Waals surface area contributed by atoms with E-state index in [1.54, 1.807) is 12.1 Å². The van der Waals surface area contributed by atoms with Crippen LogP contribution in [-0.4, -0.2) is 21.0 Å². The van der Waals surface area contributed by atoms with Gasteiger partial charge in [0.15, 0.2) is 5.82 Å². The Bertz CT molecular complexity index is 1010. The van der Waals surface area contributed by atoms with Gasteiger partial charge in [-0.2, -0.15) is 0 Å². The normalized spacial score (nSPS) is 10.6. The molecule has 0 radical (unpaired) electrons. The summed E-state index contributed by atoms with van der Waals surface area (Å²) in [6, 6.07) is 7.79. The highest BCUT2D eigenvalue weighted by atomic mass is 35.5. The van der Waals surface area contributed by atoms with Gasteiger partial charge in [0, 0.05) is 11.1 Å². The zero-order valence-corrected chi connectivity index (χ0v) is 14.4. The molecule has 0 unspecified atom stereocenters. The molecule has 6 nitrogen and oxygen atoms in total. The molecule has 0 atom stereocenters. The largest absolute Gasteiger partial charge is 0.478 e. The maximum atomic E-state index is 13.8. The van der Waals surface area contributed by atoms with Crippen LogP contribution in [0.15, 0.2) is 42.6 Å².